The van der Waals surface area contributed by atoms with Gasteiger partial charge in [0.05, 0.1) is 16.7 Å². The first-order valence-electron chi connectivity index (χ1n) is 8.06. The Morgan fingerprint density at radius 2 is 2.16 bits per heavy atom. The molecule has 0 aromatic carbocycles. The third-order valence-corrected chi connectivity index (χ3v) is 4.82. The van der Waals surface area contributed by atoms with Crippen LogP contribution in [0.4, 0.5) is 0 Å². The van der Waals surface area contributed by atoms with E-state index in [4.69, 9.17) is 16.1 Å². The van der Waals surface area contributed by atoms with Crippen molar-refractivity contribution in [3.63, 3.8) is 0 Å². The number of fused-ring (bicyclic) bond motifs is 1. The van der Waals surface area contributed by atoms with E-state index in [-0.39, 0.29) is 23.9 Å². The third kappa shape index (κ3) is 3.10. The number of rotatable bonds is 3. The summed E-state index contributed by atoms with van der Waals surface area (Å²) < 4.78 is 5.08. The van der Waals surface area contributed by atoms with Crippen molar-refractivity contribution >= 4 is 28.5 Å². The number of aliphatic hydroxyl groups excluding tert-OH is 1. The van der Waals surface area contributed by atoms with Gasteiger partial charge in [-0.05, 0) is 31.7 Å². The molecule has 3 aromatic heterocycles. The number of aliphatic hydroxyl groups is 1. The standard InChI is InChI=1S/C16H16ClN5O3/c17-12-10-5-6-18-13(10)19-7-11(12)14-21-16(25-22-14)15(24)20-8-1-3-9(23)4-2-8/h5-9,23H,1-4H2,(H,18,19)(H,20,24)/t8-,9+. The average molecular weight is 362 g/mol. The molecule has 1 amide bonds. The van der Waals surface area contributed by atoms with E-state index in [1.54, 1.807) is 12.3 Å². The van der Waals surface area contributed by atoms with E-state index in [2.05, 4.69) is 25.4 Å². The van der Waals surface area contributed by atoms with Crippen molar-refractivity contribution in [1.82, 2.24) is 25.4 Å². The average Bonchev–Trinajstić information content (AvgIpc) is 3.26. The molecule has 0 atom stereocenters. The van der Waals surface area contributed by atoms with Crippen molar-refractivity contribution in [3.8, 4) is 11.4 Å². The topological polar surface area (TPSA) is 117 Å². The third-order valence-electron chi connectivity index (χ3n) is 4.41. The zero-order valence-electron chi connectivity index (χ0n) is 13.2. The number of aromatic nitrogens is 4. The second kappa shape index (κ2) is 6.45. The molecule has 0 radical (unpaired) electrons. The summed E-state index contributed by atoms with van der Waals surface area (Å²) in [5.74, 6) is -0.330. The van der Waals surface area contributed by atoms with Crippen LogP contribution >= 0.6 is 11.6 Å². The molecule has 1 fully saturated rings. The predicted octanol–water partition coefficient (Wildman–Crippen LogP) is 2.30. The highest BCUT2D eigenvalue weighted by molar-refractivity contribution is 6.37. The van der Waals surface area contributed by atoms with Crippen LogP contribution in [0.3, 0.4) is 0 Å². The Bertz CT molecular complexity index is 914. The van der Waals surface area contributed by atoms with Gasteiger partial charge in [-0.3, -0.25) is 4.79 Å². The summed E-state index contributed by atoms with van der Waals surface area (Å²) in [5.41, 5.74) is 1.16. The molecule has 0 saturated heterocycles. The highest BCUT2D eigenvalue weighted by Crippen LogP contribution is 2.31. The lowest BCUT2D eigenvalue weighted by atomic mass is 9.93. The number of amides is 1. The Morgan fingerprint density at radius 3 is 2.96 bits per heavy atom. The number of nitrogens with one attached hydrogen (secondary N) is 2. The minimum atomic E-state index is -0.424. The summed E-state index contributed by atoms with van der Waals surface area (Å²) in [5, 5.41) is 17.4. The zero-order chi connectivity index (χ0) is 17.4. The van der Waals surface area contributed by atoms with Crippen LogP contribution in [0.5, 0.6) is 0 Å². The number of aromatic amines is 1. The summed E-state index contributed by atoms with van der Waals surface area (Å²) in [6.45, 7) is 0. The van der Waals surface area contributed by atoms with Crippen LogP contribution in [-0.4, -0.2) is 43.3 Å². The molecular formula is C16H16ClN5O3. The first-order chi connectivity index (χ1) is 12.1. The van der Waals surface area contributed by atoms with Crippen molar-refractivity contribution < 1.29 is 14.4 Å². The monoisotopic (exact) mass is 361 g/mol. The lowest BCUT2D eigenvalue weighted by Gasteiger charge is -2.25. The maximum atomic E-state index is 12.3. The molecule has 130 valence electrons. The molecular weight excluding hydrogens is 346 g/mol. The second-order valence-electron chi connectivity index (χ2n) is 6.13. The fourth-order valence-corrected chi connectivity index (χ4v) is 3.31. The molecule has 3 aromatic rings. The number of H-pyrrole nitrogens is 1. The number of hydrogen-bond acceptors (Lipinski definition) is 6. The van der Waals surface area contributed by atoms with Crippen molar-refractivity contribution in [2.24, 2.45) is 0 Å². The van der Waals surface area contributed by atoms with E-state index in [0.29, 0.717) is 29.1 Å². The fraction of sp³-hybridized carbons (Fsp3) is 0.375. The maximum Gasteiger partial charge on any atom is 0.316 e. The number of carbonyl (C=O) groups is 1. The van der Waals surface area contributed by atoms with Crippen LogP contribution in [0.25, 0.3) is 22.4 Å². The summed E-state index contributed by atoms with van der Waals surface area (Å²) in [6, 6.07) is 1.81. The number of carbonyl (C=O) groups excluding carboxylic acids is 1. The molecule has 1 saturated carbocycles. The van der Waals surface area contributed by atoms with Gasteiger partial charge in [0.1, 0.15) is 5.65 Å². The van der Waals surface area contributed by atoms with Crippen LogP contribution in [0, 0.1) is 0 Å². The van der Waals surface area contributed by atoms with Gasteiger partial charge in [-0.25, -0.2) is 4.98 Å². The normalized spacial score (nSPS) is 20.7. The number of nitrogens with zero attached hydrogens (tertiary/aromatic N) is 3. The van der Waals surface area contributed by atoms with Crippen LogP contribution in [0.1, 0.15) is 36.4 Å². The van der Waals surface area contributed by atoms with Gasteiger partial charge in [0, 0.05) is 23.8 Å². The fourth-order valence-electron chi connectivity index (χ4n) is 3.02. The van der Waals surface area contributed by atoms with E-state index in [1.165, 1.54) is 6.20 Å². The Labute approximate surface area is 147 Å². The van der Waals surface area contributed by atoms with Gasteiger partial charge in [-0.1, -0.05) is 16.8 Å². The Hall–Kier alpha value is -2.45. The first kappa shape index (κ1) is 16.0. The van der Waals surface area contributed by atoms with Gasteiger partial charge in [-0.15, -0.1) is 0 Å². The molecule has 0 spiro atoms. The van der Waals surface area contributed by atoms with E-state index in [0.717, 1.165) is 18.2 Å². The van der Waals surface area contributed by atoms with Crippen LogP contribution in [0.2, 0.25) is 5.02 Å². The molecule has 1 aliphatic rings. The van der Waals surface area contributed by atoms with E-state index < -0.39 is 5.91 Å². The van der Waals surface area contributed by atoms with E-state index in [1.807, 2.05) is 0 Å². The lowest BCUT2D eigenvalue weighted by molar-refractivity contribution is 0.0829. The highest BCUT2D eigenvalue weighted by atomic mass is 35.5. The lowest BCUT2D eigenvalue weighted by Crippen LogP contribution is -2.38. The molecule has 0 bridgehead atoms. The minimum Gasteiger partial charge on any atom is -0.393 e. The van der Waals surface area contributed by atoms with Gasteiger partial charge in [-0.2, -0.15) is 4.98 Å². The number of halogens is 1. The zero-order valence-corrected chi connectivity index (χ0v) is 14.0. The van der Waals surface area contributed by atoms with Crippen molar-refractivity contribution in [2.45, 2.75) is 37.8 Å². The van der Waals surface area contributed by atoms with Crippen molar-refractivity contribution in [2.75, 3.05) is 0 Å². The second-order valence-corrected chi connectivity index (χ2v) is 6.51. The first-order valence-corrected chi connectivity index (χ1v) is 8.44. The SMILES string of the molecule is O=C(N[C@H]1CC[C@@H](O)CC1)c1nc(-c2cnc3[nH]ccc3c2Cl)no1. The van der Waals surface area contributed by atoms with Gasteiger partial charge in [0.2, 0.25) is 5.82 Å². The maximum absolute atomic E-state index is 12.3. The summed E-state index contributed by atoms with van der Waals surface area (Å²) in [6.07, 6.45) is 5.82. The van der Waals surface area contributed by atoms with E-state index >= 15 is 0 Å². The molecule has 0 unspecified atom stereocenters. The van der Waals surface area contributed by atoms with Crippen molar-refractivity contribution in [1.29, 1.82) is 0 Å². The van der Waals surface area contributed by atoms with Gasteiger partial charge in [0.25, 0.3) is 0 Å². The summed E-state index contributed by atoms with van der Waals surface area (Å²) >= 11 is 6.37. The number of hydrogen-bond donors (Lipinski definition) is 3. The molecule has 25 heavy (non-hydrogen) atoms. The molecule has 0 aliphatic heterocycles. The Kier molecular flexibility index (Phi) is 4.14. The van der Waals surface area contributed by atoms with Gasteiger partial charge in [0.15, 0.2) is 0 Å². The molecule has 1 aliphatic carbocycles. The Morgan fingerprint density at radius 1 is 1.36 bits per heavy atom. The van der Waals surface area contributed by atoms with Crippen molar-refractivity contribution in [3.05, 3.63) is 29.4 Å². The van der Waals surface area contributed by atoms with Crippen LogP contribution in [0.15, 0.2) is 23.0 Å². The molecule has 8 nitrogen and oxygen atoms in total. The smallest absolute Gasteiger partial charge is 0.316 e. The Balaban J connectivity index is 1.53. The predicted molar refractivity (Wildman–Crippen MR) is 90.1 cm³/mol. The summed E-state index contributed by atoms with van der Waals surface area (Å²) in [7, 11) is 0. The summed E-state index contributed by atoms with van der Waals surface area (Å²) in [4.78, 5) is 23.6. The van der Waals surface area contributed by atoms with Gasteiger partial charge < -0.3 is 19.9 Å². The minimum absolute atomic E-state index is 0.00714. The number of pyridine rings is 1. The largest absolute Gasteiger partial charge is 0.393 e. The van der Waals surface area contributed by atoms with Crippen LogP contribution in [-0.2, 0) is 0 Å². The van der Waals surface area contributed by atoms with Crippen LogP contribution < -0.4 is 5.32 Å². The molecule has 3 N–H and O–H groups in total. The molecule has 9 heteroatoms. The van der Waals surface area contributed by atoms with E-state index in [9.17, 15) is 9.90 Å². The van der Waals surface area contributed by atoms with Gasteiger partial charge >= 0.3 is 11.8 Å². The molecule has 4 rings (SSSR count). The molecule has 3 heterocycles. The quantitative estimate of drug-likeness (QED) is 0.659. The highest BCUT2D eigenvalue weighted by Gasteiger charge is 2.24.